The average molecular weight is 415 g/mol. The molecule has 0 saturated heterocycles. The Morgan fingerprint density at radius 3 is 2.38 bits per heavy atom. The van der Waals surface area contributed by atoms with Gasteiger partial charge in [-0.25, -0.2) is 12.8 Å². The van der Waals surface area contributed by atoms with Gasteiger partial charge in [0.15, 0.2) is 0 Å². The van der Waals surface area contributed by atoms with Crippen LogP contribution in [0, 0.1) is 5.82 Å². The van der Waals surface area contributed by atoms with Crippen molar-refractivity contribution in [3.05, 3.63) is 58.8 Å². The lowest BCUT2D eigenvalue weighted by atomic mass is 10.3. The zero-order valence-electron chi connectivity index (χ0n) is 12.9. The highest BCUT2D eigenvalue weighted by atomic mass is 79.9. The molecule has 128 valence electrons. The molecule has 1 amide bonds. The maximum Gasteiger partial charge on any atom is 0.243 e. The van der Waals surface area contributed by atoms with Gasteiger partial charge in [-0.2, -0.15) is 4.31 Å². The molecule has 0 aliphatic rings. The first kappa shape index (κ1) is 18.6. The minimum absolute atomic E-state index is 0.0561. The van der Waals surface area contributed by atoms with E-state index in [9.17, 15) is 17.6 Å². The summed E-state index contributed by atoms with van der Waals surface area (Å²) in [5.41, 5.74) is 0.553. The van der Waals surface area contributed by atoms with Crippen LogP contribution in [0.15, 0.2) is 57.9 Å². The monoisotopic (exact) mass is 414 g/mol. The van der Waals surface area contributed by atoms with E-state index < -0.39 is 21.7 Å². The molecular formula is C16H16BrFN2O3S. The van der Waals surface area contributed by atoms with Crippen molar-refractivity contribution in [2.45, 2.75) is 11.8 Å². The van der Waals surface area contributed by atoms with Crippen molar-refractivity contribution in [1.29, 1.82) is 0 Å². The third-order valence-electron chi connectivity index (χ3n) is 3.27. The maximum absolute atomic E-state index is 13.0. The molecule has 0 spiro atoms. The van der Waals surface area contributed by atoms with Crippen molar-refractivity contribution < 1.29 is 17.6 Å². The van der Waals surface area contributed by atoms with Crippen LogP contribution in [0.5, 0.6) is 0 Å². The molecule has 0 saturated carbocycles. The number of carbonyl (C=O) groups excluding carboxylic acids is 1. The summed E-state index contributed by atoms with van der Waals surface area (Å²) in [6, 6.07) is 11.5. The van der Waals surface area contributed by atoms with E-state index in [0.29, 0.717) is 10.2 Å². The largest absolute Gasteiger partial charge is 0.324 e. The molecular weight excluding hydrogens is 399 g/mol. The molecule has 0 unspecified atom stereocenters. The van der Waals surface area contributed by atoms with Gasteiger partial charge < -0.3 is 5.32 Å². The van der Waals surface area contributed by atoms with E-state index >= 15 is 0 Å². The Morgan fingerprint density at radius 2 is 1.79 bits per heavy atom. The lowest BCUT2D eigenvalue weighted by molar-refractivity contribution is -0.116. The van der Waals surface area contributed by atoms with Gasteiger partial charge in [0, 0.05) is 11.0 Å². The Morgan fingerprint density at radius 1 is 1.17 bits per heavy atom. The molecule has 5 nitrogen and oxygen atoms in total. The molecule has 1 N–H and O–H groups in total. The van der Waals surface area contributed by atoms with E-state index in [-0.39, 0.29) is 18.0 Å². The van der Waals surface area contributed by atoms with Gasteiger partial charge in [-0.15, -0.1) is 0 Å². The topological polar surface area (TPSA) is 66.5 Å². The smallest absolute Gasteiger partial charge is 0.243 e. The fourth-order valence-corrected chi connectivity index (χ4v) is 3.82. The molecule has 0 aliphatic carbocycles. The predicted molar refractivity (Wildman–Crippen MR) is 93.6 cm³/mol. The quantitative estimate of drug-likeness (QED) is 0.788. The van der Waals surface area contributed by atoms with E-state index in [1.165, 1.54) is 12.1 Å². The summed E-state index contributed by atoms with van der Waals surface area (Å²) in [5.74, 6) is -0.988. The van der Waals surface area contributed by atoms with Crippen LogP contribution in [0.3, 0.4) is 0 Å². The van der Waals surface area contributed by atoms with Crippen LogP contribution < -0.4 is 5.32 Å². The summed E-state index contributed by atoms with van der Waals surface area (Å²) in [4.78, 5) is 12.1. The number of sulfonamides is 1. The van der Waals surface area contributed by atoms with Crippen LogP contribution in [0.4, 0.5) is 10.1 Å². The fraction of sp³-hybridized carbons (Fsp3) is 0.188. The standard InChI is InChI=1S/C16H16BrFN2O3S/c1-2-20(24(22,23)13-9-7-12(18)8-10-13)11-16(21)19-15-6-4-3-5-14(15)17/h3-10H,2,11H2,1H3,(H,19,21). The lowest BCUT2D eigenvalue weighted by Gasteiger charge is -2.20. The minimum Gasteiger partial charge on any atom is -0.324 e. The number of hydrogen-bond acceptors (Lipinski definition) is 3. The third kappa shape index (κ3) is 4.40. The van der Waals surface area contributed by atoms with E-state index in [4.69, 9.17) is 0 Å². The van der Waals surface area contributed by atoms with E-state index in [1.54, 1.807) is 31.2 Å². The Balaban J connectivity index is 2.15. The van der Waals surface area contributed by atoms with Gasteiger partial charge in [-0.05, 0) is 52.3 Å². The number of carbonyl (C=O) groups is 1. The highest BCUT2D eigenvalue weighted by Gasteiger charge is 2.25. The predicted octanol–water partition coefficient (Wildman–Crippen LogP) is 3.24. The molecule has 2 aromatic carbocycles. The van der Waals surface area contributed by atoms with Crippen molar-refractivity contribution in [3.63, 3.8) is 0 Å². The average Bonchev–Trinajstić information content (AvgIpc) is 2.55. The van der Waals surface area contributed by atoms with Crippen molar-refractivity contribution >= 4 is 37.5 Å². The molecule has 8 heteroatoms. The maximum atomic E-state index is 13.0. The Labute approximate surface area is 148 Å². The molecule has 24 heavy (non-hydrogen) atoms. The SMILES string of the molecule is CCN(CC(=O)Nc1ccccc1Br)S(=O)(=O)c1ccc(F)cc1. The van der Waals surface area contributed by atoms with Gasteiger partial charge >= 0.3 is 0 Å². The number of nitrogens with one attached hydrogen (secondary N) is 1. The van der Waals surface area contributed by atoms with Crippen LogP contribution in [-0.2, 0) is 14.8 Å². The molecule has 0 aromatic heterocycles. The fourth-order valence-electron chi connectivity index (χ4n) is 2.03. The van der Waals surface area contributed by atoms with Gasteiger partial charge in [-0.3, -0.25) is 4.79 Å². The summed E-state index contributed by atoms with van der Waals surface area (Å²) in [7, 11) is -3.87. The van der Waals surface area contributed by atoms with Crippen molar-refractivity contribution in [2.24, 2.45) is 0 Å². The molecule has 0 atom stereocenters. The lowest BCUT2D eigenvalue weighted by Crippen LogP contribution is -2.37. The van der Waals surface area contributed by atoms with Gasteiger partial charge in [-0.1, -0.05) is 19.1 Å². The highest BCUT2D eigenvalue weighted by Crippen LogP contribution is 2.21. The molecule has 0 aliphatic heterocycles. The van der Waals surface area contributed by atoms with Crippen LogP contribution >= 0.6 is 15.9 Å². The number of likely N-dealkylation sites (N-methyl/N-ethyl adjacent to an activating group) is 1. The number of para-hydroxylation sites is 1. The van der Waals surface area contributed by atoms with Crippen molar-refractivity contribution in [2.75, 3.05) is 18.4 Å². The van der Waals surface area contributed by atoms with Crippen LogP contribution in [0.2, 0.25) is 0 Å². The summed E-state index contributed by atoms with van der Waals surface area (Å²) < 4.78 is 39.8. The van der Waals surface area contributed by atoms with Gasteiger partial charge in [0.1, 0.15) is 5.82 Å². The first-order valence-corrected chi connectivity index (χ1v) is 9.38. The molecule has 2 aromatic rings. The van der Waals surface area contributed by atoms with E-state index in [2.05, 4.69) is 21.2 Å². The van der Waals surface area contributed by atoms with Crippen molar-refractivity contribution in [1.82, 2.24) is 4.31 Å². The first-order valence-electron chi connectivity index (χ1n) is 7.14. The molecule has 0 fully saturated rings. The number of rotatable bonds is 6. The number of anilines is 1. The second kappa shape index (κ2) is 7.87. The summed E-state index contributed by atoms with van der Waals surface area (Å²) in [6.45, 7) is 1.41. The highest BCUT2D eigenvalue weighted by molar-refractivity contribution is 9.10. The third-order valence-corrected chi connectivity index (χ3v) is 5.90. The zero-order chi connectivity index (χ0) is 17.7. The van der Waals surface area contributed by atoms with Crippen LogP contribution in [-0.4, -0.2) is 31.7 Å². The summed E-state index contributed by atoms with van der Waals surface area (Å²) in [6.07, 6.45) is 0. The number of nitrogens with zero attached hydrogens (tertiary/aromatic N) is 1. The van der Waals surface area contributed by atoms with E-state index in [0.717, 1.165) is 16.4 Å². The van der Waals surface area contributed by atoms with Gasteiger partial charge in [0.2, 0.25) is 15.9 Å². The number of amides is 1. The Hall–Kier alpha value is -1.77. The summed E-state index contributed by atoms with van der Waals surface area (Å²) >= 11 is 3.31. The second-order valence-corrected chi connectivity index (χ2v) is 7.71. The minimum atomic E-state index is -3.87. The van der Waals surface area contributed by atoms with E-state index in [1.807, 2.05) is 0 Å². The molecule has 2 rings (SSSR count). The second-order valence-electron chi connectivity index (χ2n) is 4.91. The molecule has 0 radical (unpaired) electrons. The van der Waals surface area contributed by atoms with Crippen LogP contribution in [0.1, 0.15) is 6.92 Å². The number of hydrogen-bond donors (Lipinski definition) is 1. The zero-order valence-corrected chi connectivity index (χ0v) is 15.3. The number of halogens is 2. The van der Waals surface area contributed by atoms with Gasteiger partial charge in [0.25, 0.3) is 0 Å². The number of benzene rings is 2. The Kier molecular flexibility index (Phi) is 6.09. The normalized spacial score (nSPS) is 11.5. The summed E-state index contributed by atoms with van der Waals surface area (Å²) in [5, 5.41) is 2.66. The molecule has 0 heterocycles. The van der Waals surface area contributed by atoms with Gasteiger partial charge in [0.05, 0.1) is 17.1 Å². The molecule has 0 bridgehead atoms. The first-order chi connectivity index (χ1) is 11.3. The van der Waals surface area contributed by atoms with Crippen molar-refractivity contribution in [3.8, 4) is 0 Å². The van der Waals surface area contributed by atoms with Crippen LogP contribution in [0.25, 0.3) is 0 Å². The Bertz CT molecular complexity index is 825.